The van der Waals surface area contributed by atoms with Crippen LogP contribution in [0.1, 0.15) is 12.5 Å². The third kappa shape index (κ3) is 2.94. The molecule has 0 fully saturated rings. The van der Waals surface area contributed by atoms with E-state index in [1.807, 2.05) is 0 Å². The lowest BCUT2D eigenvalue weighted by atomic mass is 10.2. The van der Waals surface area contributed by atoms with Crippen molar-refractivity contribution in [1.29, 1.82) is 0 Å². The molecule has 0 heterocycles. The molecule has 1 atom stereocenters. The number of rotatable bonds is 4. The fourth-order valence-electron chi connectivity index (χ4n) is 1.16. The first-order valence-electron chi connectivity index (χ1n) is 4.86. The third-order valence-corrected chi connectivity index (χ3v) is 3.78. The molecule has 0 spiro atoms. The van der Waals surface area contributed by atoms with Crippen molar-refractivity contribution >= 4 is 15.7 Å². The standard InChI is InChI=1S/C10H16N2O3S/c1-7-3-4-9(5-10(7)11)16(14,15)12-8(2)6-13/h3-5,8,12-13H,6,11H2,1-2H3. The van der Waals surface area contributed by atoms with E-state index in [0.717, 1.165) is 5.56 Å². The smallest absolute Gasteiger partial charge is 0.240 e. The number of anilines is 1. The van der Waals surface area contributed by atoms with Crippen molar-refractivity contribution in [3.8, 4) is 0 Å². The van der Waals surface area contributed by atoms with Crippen molar-refractivity contribution < 1.29 is 13.5 Å². The van der Waals surface area contributed by atoms with Gasteiger partial charge in [-0.25, -0.2) is 13.1 Å². The van der Waals surface area contributed by atoms with Crippen LogP contribution in [0.5, 0.6) is 0 Å². The molecule has 0 radical (unpaired) electrons. The zero-order chi connectivity index (χ0) is 12.3. The maximum absolute atomic E-state index is 11.8. The second kappa shape index (κ2) is 4.82. The Morgan fingerprint density at radius 1 is 1.50 bits per heavy atom. The number of aliphatic hydroxyl groups is 1. The summed E-state index contributed by atoms with van der Waals surface area (Å²) in [6.45, 7) is 3.13. The zero-order valence-corrected chi connectivity index (χ0v) is 10.1. The first-order valence-corrected chi connectivity index (χ1v) is 6.34. The Morgan fingerprint density at radius 2 is 2.12 bits per heavy atom. The highest BCUT2D eigenvalue weighted by atomic mass is 32.2. The predicted octanol–water partition coefficient (Wildman–Crippen LogP) is 0.236. The molecule has 0 aromatic heterocycles. The van der Waals surface area contributed by atoms with Gasteiger partial charge < -0.3 is 10.8 Å². The van der Waals surface area contributed by atoms with Crippen LogP contribution >= 0.6 is 0 Å². The summed E-state index contributed by atoms with van der Waals surface area (Å²) in [6.07, 6.45) is 0. The van der Waals surface area contributed by atoms with Gasteiger partial charge in [0.2, 0.25) is 10.0 Å². The third-order valence-electron chi connectivity index (χ3n) is 2.19. The van der Waals surface area contributed by atoms with Gasteiger partial charge in [0.25, 0.3) is 0 Å². The molecule has 0 saturated carbocycles. The Kier molecular flexibility index (Phi) is 3.90. The minimum Gasteiger partial charge on any atom is -0.398 e. The average Bonchev–Trinajstić information content (AvgIpc) is 2.21. The number of aryl methyl sites for hydroxylation is 1. The zero-order valence-electron chi connectivity index (χ0n) is 9.27. The number of hydrogen-bond acceptors (Lipinski definition) is 4. The van der Waals surface area contributed by atoms with Crippen LogP contribution in [-0.2, 0) is 10.0 Å². The molecule has 0 saturated heterocycles. The van der Waals surface area contributed by atoms with Gasteiger partial charge >= 0.3 is 0 Å². The van der Waals surface area contributed by atoms with Gasteiger partial charge in [0, 0.05) is 11.7 Å². The summed E-state index contributed by atoms with van der Waals surface area (Å²) in [4.78, 5) is 0.107. The first kappa shape index (κ1) is 13.0. The molecular formula is C10H16N2O3S. The quantitative estimate of drug-likeness (QED) is 0.661. The molecule has 1 aromatic rings. The monoisotopic (exact) mass is 244 g/mol. The van der Waals surface area contributed by atoms with Gasteiger partial charge in [0.15, 0.2) is 0 Å². The normalized spacial score (nSPS) is 13.7. The maximum atomic E-state index is 11.8. The molecule has 1 rings (SSSR count). The fraction of sp³-hybridized carbons (Fsp3) is 0.400. The first-order chi connectivity index (χ1) is 7.36. The van der Waals surface area contributed by atoms with Crippen LogP contribution in [0.15, 0.2) is 23.1 Å². The molecule has 1 unspecified atom stereocenters. The molecule has 0 aliphatic rings. The lowest BCUT2D eigenvalue weighted by Gasteiger charge is -2.12. The fourth-order valence-corrected chi connectivity index (χ4v) is 2.43. The number of nitrogen functional groups attached to an aromatic ring is 1. The van der Waals surface area contributed by atoms with E-state index >= 15 is 0 Å². The molecule has 0 aliphatic carbocycles. The van der Waals surface area contributed by atoms with Crippen molar-refractivity contribution in [3.05, 3.63) is 23.8 Å². The van der Waals surface area contributed by atoms with E-state index in [1.54, 1.807) is 19.9 Å². The Morgan fingerprint density at radius 3 is 2.62 bits per heavy atom. The van der Waals surface area contributed by atoms with Crippen molar-refractivity contribution in [3.63, 3.8) is 0 Å². The number of aliphatic hydroxyl groups excluding tert-OH is 1. The number of hydrogen-bond donors (Lipinski definition) is 3. The number of sulfonamides is 1. The summed E-state index contributed by atoms with van der Waals surface area (Å²) >= 11 is 0. The minimum absolute atomic E-state index is 0.107. The number of nitrogens with two attached hydrogens (primary N) is 1. The Labute approximate surface area is 95.3 Å². The maximum Gasteiger partial charge on any atom is 0.240 e. The van der Waals surface area contributed by atoms with Gasteiger partial charge in [-0.15, -0.1) is 0 Å². The summed E-state index contributed by atoms with van der Waals surface area (Å²) in [7, 11) is -3.60. The van der Waals surface area contributed by atoms with Gasteiger partial charge in [-0.05, 0) is 31.5 Å². The number of benzene rings is 1. The lowest BCUT2D eigenvalue weighted by molar-refractivity contribution is 0.265. The van der Waals surface area contributed by atoms with E-state index in [2.05, 4.69) is 4.72 Å². The SMILES string of the molecule is Cc1ccc(S(=O)(=O)NC(C)CO)cc1N. The Hall–Kier alpha value is -1.11. The molecule has 16 heavy (non-hydrogen) atoms. The molecule has 6 heteroatoms. The topological polar surface area (TPSA) is 92.4 Å². The van der Waals surface area contributed by atoms with Crippen molar-refractivity contribution in [2.75, 3.05) is 12.3 Å². The van der Waals surface area contributed by atoms with Crippen molar-refractivity contribution in [2.45, 2.75) is 24.8 Å². The van der Waals surface area contributed by atoms with Gasteiger partial charge in [0.05, 0.1) is 11.5 Å². The summed E-state index contributed by atoms with van der Waals surface area (Å²) in [5.41, 5.74) is 6.90. The van der Waals surface area contributed by atoms with Crippen LogP contribution in [0.25, 0.3) is 0 Å². The molecule has 0 bridgehead atoms. The second-order valence-corrected chi connectivity index (χ2v) is 5.44. The van der Waals surface area contributed by atoms with Gasteiger partial charge in [0.1, 0.15) is 0 Å². The van der Waals surface area contributed by atoms with Crippen LogP contribution in [0.2, 0.25) is 0 Å². The second-order valence-electron chi connectivity index (χ2n) is 3.72. The highest BCUT2D eigenvalue weighted by Crippen LogP contribution is 2.17. The summed E-state index contributed by atoms with van der Waals surface area (Å²) < 4.78 is 25.9. The van der Waals surface area contributed by atoms with Gasteiger partial charge in [-0.1, -0.05) is 6.07 Å². The van der Waals surface area contributed by atoms with E-state index in [9.17, 15) is 8.42 Å². The lowest BCUT2D eigenvalue weighted by Crippen LogP contribution is -2.35. The van der Waals surface area contributed by atoms with Crippen LogP contribution < -0.4 is 10.5 Å². The largest absolute Gasteiger partial charge is 0.398 e. The molecule has 0 aliphatic heterocycles. The molecule has 1 aromatic carbocycles. The Balaban J connectivity index is 3.03. The number of nitrogens with one attached hydrogen (secondary N) is 1. The van der Waals surface area contributed by atoms with E-state index in [0.29, 0.717) is 5.69 Å². The molecule has 5 nitrogen and oxygen atoms in total. The molecule has 90 valence electrons. The average molecular weight is 244 g/mol. The van der Waals surface area contributed by atoms with Crippen LogP contribution in [-0.4, -0.2) is 26.2 Å². The molecule has 4 N–H and O–H groups in total. The highest BCUT2D eigenvalue weighted by molar-refractivity contribution is 7.89. The van der Waals surface area contributed by atoms with Crippen LogP contribution in [0.4, 0.5) is 5.69 Å². The van der Waals surface area contributed by atoms with Crippen molar-refractivity contribution in [2.24, 2.45) is 0 Å². The predicted molar refractivity (Wildman–Crippen MR) is 62.5 cm³/mol. The summed E-state index contributed by atoms with van der Waals surface area (Å²) in [5.74, 6) is 0. The van der Waals surface area contributed by atoms with Crippen LogP contribution in [0.3, 0.4) is 0 Å². The molecular weight excluding hydrogens is 228 g/mol. The minimum atomic E-state index is -3.60. The molecule has 0 amide bonds. The summed E-state index contributed by atoms with van der Waals surface area (Å²) in [5, 5.41) is 8.79. The summed E-state index contributed by atoms with van der Waals surface area (Å²) in [6, 6.07) is 4.01. The van der Waals surface area contributed by atoms with E-state index in [1.165, 1.54) is 12.1 Å². The van der Waals surface area contributed by atoms with Crippen LogP contribution in [0, 0.1) is 6.92 Å². The van der Waals surface area contributed by atoms with E-state index in [-0.39, 0.29) is 11.5 Å². The van der Waals surface area contributed by atoms with Gasteiger partial charge in [-0.3, -0.25) is 0 Å². The van der Waals surface area contributed by atoms with Crippen molar-refractivity contribution in [1.82, 2.24) is 4.72 Å². The highest BCUT2D eigenvalue weighted by Gasteiger charge is 2.17. The Bertz CT molecular complexity index is 471. The van der Waals surface area contributed by atoms with E-state index < -0.39 is 16.1 Å². The van der Waals surface area contributed by atoms with Gasteiger partial charge in [-0.2, -0.15) is 0 Å². The van der Waals surface area contributed by atoms with E-state index in [4.69, 9.17) is 10.8 Å².